The zero-order valence-electron chi connectivity index (χ0n) is 7.15. The summed E-state index contributed by atoms with van der Waals surface area (Å²) >= 11 is 1.55. The van der Waals surface area contributed by atoms with Crippen LogP contribution in [0.15, 0.2) is 6.07 Å². The number of nitrogens with zero attached hydrogens (tertiary/aromatic N) is 2. The van der Waals surface area contributed by atoms with Crippen LogP contribution in [0.2, 0.25) is 0 Å². The largest absolute Gasteiger partial charge is 0.388 e. The first kappa shape index (κ1) is 12.2. The minimum Gasteiger partial charge on any atom is -0.388 e. The monoisotopic (exact) mass is 330 g/mol. The van der Waals surface area contributed by atoms with E-state index in [1.54, 1.807) is 22.6 Å². The maximum atomic E-state index is 12.5. The van der Waals surface area contributed by atoms with Crippen molar-refractivity contribution in [3.63, 3.8) is 0 Å². The van der Waals surface area contributed by atoms with Crippen molar-refractivity contribution < 1.29 is 18.8 Å². The molecule has 0 spiro atoms. The van der Waals surface area contributed by atoms with Crippen molar-refractivity contribution in [2.24, 2.45) is 0 Å². The van der Waals surface area contributed by atoms with Crippen LogP contribution >= 0.6 is 22.6 Å². The second kappa shape index (κ2) is 4.75. The molecular weight excluding hydrogens is 325 g/mol. The Hall–Kier alpha value is -0.900. The van der Waals surface area contributed by atoms with Gasteiger partial charge in [0.25, 0.3) is 6.43 Å². The average molecular weight is 330 g/mol. The average Bonchev–Trinajstić information content (AvgIpc) is 2.15. The van der Waals surface area contributed by atoms with Gasteiger partial charge in [-0.3, -0.25) is 0 Å². The van der Waals surface area contributed by atoms with Crippen molar-refractivity contribution in [3.8, 4) is 0 Å². The molecule has 0 unspecified atom stereocenters. The third kappa shape index (κ3) is 2.56. The van der Waals surface area contributed by atoms with Crippen LogP contribution in [-0.4, -0.2) is 15.0 Å². The summed E-state index contributed by atoms with van der Waals surface area (Å²) in [6.07, 6.45) is -2.96. The minimum atomic E-state index is -2.96. The van der Waals surface area contributed by atoms with E-state index in [1.807, 2.05) is 0 Å². The van der Waals surface area contributed by atoms with E-state index in [0.717, 1.165) is 0 Å². The molecule has 82 valence electrons. The number of alkyl halides is 2. The van der Waals surface area contributed by atoms with Crippen molar-refractivity contribution in [3.05, 3.63) is 31.0 Å². The normalized spacial score (nSPS) is 10.7. The third-order valence-corrected chi connectivity index (χ3v) is 2.49. The second-order valence-electron chi connectivity index (χ2n) is 2.55. The lowest BCUT2D eigenvalue weighted by Crippen LogP contribution is -2.04. The summed E-state index contributed by atoms with van der Waals surface area (Å²) in [5.74, 6) is -0.902. The summed E-state index contributed by atoms with van der Waals surface area (Å²) in [5, 5.41) is 19.2. The molecule has 0 saturated heterocycles. The Labute approximate surface area is 96.4 Å². The van der Waals surface area contributed by atoms with Gasteiger partial charge < -0.3 is 15.2 Å². The Morgan fingerprint density at radius 3 is 2.67 bits per heavy atom. The maximum Gasteiger partial charge on any atom is 0.373 e. The number of aliphatic hydroxyl groups is 1. The summed E-state index contributed by atoms with van der Waals surface area (Å²) in [6, 6.07) is 1.19. The van der Waals surface area contributed by atoms with Gasteiger partial charge >= 0.3 is 5.82 Å². The highest BCUT2D eigenvalue weighted by atomic mass is 127. The molecule has 5 nitrogen and oxygen atoms in total. The molecule has 0 aliphatic carbocycles. The molecular formula is C7H5F2IN2O3. The van der Waals surface area contributed by atoms with Crippen LogP contribution in [0.4, 0.5) is 14.6 Å². The molecule has 8 heteroatoms. The fourth-order valence-electron chi connectivity index (χ4n) is 0.981. The molecule has 0 radical (unpaired) electrons. The lowest BCUT2D eigenvalue weighted by atomic mass is 10.2. The molecule has 1 N–H and O–H groups in total. The van der Waals surface area contributed by atoms with Crippen LogP contribution in [0.3, 0.4) is 0 Å². The fraction of sp³-hybridized carbons (Fsp3) is 0.286. The Kier molecular flexibility index (Phi) is 3.85. The van der Waals surface area contributed by atoms with Crippen LogP contribution in [-0.2, 0) is 6.61 Å². The zero-order valence-corrected chi connectivity index (χ0v) is 9.31. The number of aromatic nitrogens is 1. The van der Waals surface area contributed by atoms with Crippen molar-refractivity contribution in [2.75, 3.05) is 0 Å². The van der Waals surface area contributed by atoms with E-state index >= 15 is 0 Å². The van der Waals surface area contributed by atoms with Gasteiger partial charge in [0.05, 0.1) is 0 Å². The number of hydrogen-bond acceptors (Lipinski definition) is 4. The number of hydrogen-bond donors (Lipinski definition) is 1. The van der Waals surface area contributed by atoms with Gasteiger partial charge in [-0.25, -0.2) is 8.78 Å². The van der Waals surface area contributed by atoms with E-state index in [9.17, 15) is 18.9 Å². The van der Waals surface area contributed by atoms with Crippen molar-refractivity contribution >= 4 is 28.4 Å². The van der Waals surface area contributed by atoms with Crippen LogP contribution in [0, 0.1) is 13.7 Å². The van der Waals surface area contributed by atoms with Gasteiger partial charge in [-0.15, -0.1) is 0 Å². The molecule has 1 aromatic rings. The van der Waals surface area contributed by atoms with E-state index in [2.05, 4.69) is 4.98 Å². The van der Waals surface area contributed by atoms with Crippen molar-refractivity contribution in [1.29, 1.82) is 0 Å². The quantitative estimate of drug-likeness (QED) is 0.523. The van der Waals surface area contributed by atoms with Crippen LogP contribution < -0.4 is 0 Å². The number of aliphatic hydroxyl groups excluding tert-OH is 1. The topological polar surface area (TPSA) is 76.3 Å². The molecule has 0 amide bonds. The molecule has 1 heterocycles. The Bertz CT molecular complexity index is 400. The van der Waals surface area contributed by atoms with E-state index in [-0.39, 0.29) is 9.26 Å². The predicted molar refractivity (Wildman–Crippen MR) is 54.5 cm³/mol. The van der Waals surface area contributed by atoms with Gasteiger partial charge in [-0.1, -0.05) is 0 Å². The molecule has 15 heavy (non-hydrogen) atoms. The van der Waals surface area contributed by atoms with Crippen LogP contribution in [0.5, 0.6) is 0 Å². The van der Waals surface area contributed by atoms with Gasteiger partial charge in [0.2, 0.25) is 0 Å². The number of pyridine rings is 1. The zero-order chi connectivity index (χ0) is 11.6. The summed E-state index contributed by atoms with van der Waals surface area (Å²) in [6.45, 7) is -0.527. The highest BCUT2D eigenvalue weighted by molar-refractivity contribution is 14.1. The van der Waals surface area contributed by atoms with E-state index in [4.69, 9.17) is 5.11 Å². The van der Waals surface area contributed by atoms with Crippen LogP contribution in [0.1, 0.15) is 17.7 Å². The third-order valence-electron chi connectivity index (χ3n) is 1.59. The number of halogens is 3. The van der Waals surface area contributed by atoms with Gasteiger partial charge in [-0.05, 0) is 32.5 Å². The minimum absolute atomic E-state index is 0.00417. The number of rotatable bonds is 3. The van der Waals surface area contributed by atoms with E-state index < -0.39 is 29.3 Å². The molecule has 0 aliphatic heterocycles. The Balaban J connectivity index is 3.42. The molecule has 0 aromatic carbocycles. The van der Waals surface area contributed by atoms with Crippen molar-refractivity contribution in [1.82, 2.24) is 4.98 Å². The standard InChI is InChI=1S/C7H5F2IN2O3/c8-6(9)5-4(10)1-3(2-13)11-7(5)12(14)15/h1,6,13H,2H2. The van der Waals surface area contributed by atoms with Crippen molar-refractivity contribution in [2.45, 2.75) is 13.0 Å². The SMILES string of the molecule is O=[N+]([O-])c1nc(CO)cc(I)c1C(F)F. The molecule has 1 rings (SSSR count). The Morgan fingerprint density at radius 1 is 1.67 bits per heavy atom. The molecule has 0 atom stereocenters. The summed E-state index contributed by atoms with van der Waals surface area (Å²) < 4.78 is 25.0. The first-order chi connectivity index (χ1) is 6.97. The smallest absolute Gasteiger partial charge is 0.373 e. The summed E-state index contributed by atoms with van der Waals surface area (Å²) in [4.78, 5) is 12.8. The van der Waals surface area contributed by atoms with Crippen LogP contribution in [0.25, 0.3) is 0 Å². The summed E-state index contributed by atoms with van der Waals surface area (Å²) in [5.41, 5.74) is -0.715. The summed E-state index contributed by atoms with van der Waals surface area (Å²) in [7, 11) is 0. The predicted octanol–water partition coefficient (Wildman–Crippen LogP) is 2.02. The molecule has 1 aromatic heterocycles. The molecule has 0 bridgehead atoms. The van der Waals surface area contributed by atoms with Gasteiger partial charge in [-0.2, -0.15) is 0 Å². The van der Waals surface area contributed by atoms with E-state index in [0.29, 0.717) is 0 Å². The first-order valence-electron chi connectivity index (χ1n) is 3.70. The maximum absolute atomic E-state index is 12.5. The highest BCUT2D eigenvalue weighted by Crippen LogP contribution is 2.31. The molecule has 0 saturated carbocycles. The second-order valence-corrected chi connectivity index (χ2v) is 3.71. The van der Waals surface area contributed by atoms with E-state index in [1.165, 1.54) is 6.07 Å². The van der Waals surface area contributed by atoms with Gasteiger partial charge in [0.1, 0.15) is 12.2 Å². The lowest BCUT2D eigenvalue weighted by molar-refractivity contribution is -0.391. The molecule has 0 aliphatic rings. The van der Waals surface area contributed by atoms with Gasteiger partial charge in [0, 0.05) is 9.64 Å². The number of nitro groups is 1. The molecule has 0 fully saturated rings. The first-order valence-corrected chi connectivity index (χ1v) is 4.78. The lowest BCUT2D eigenvalue weighted by Gasteiger charge is -2.04. The highest BCUT2D eigenvalue weighted by Gasteiger charge is 2.27. The van der Waals surface area contributed by atoms with Gasteiger partial charge in [0.15, 0.2) is 5.69 Å². The fourth-order valence-corrected chi connectivity index (χ4v) is 1.82. The Morgan fingerprint density at radius 2 is 2.27 bits per heavy atom.